The minimum atomic E-state index is 0.654. The lowest BCUT2D eigenvalue weighted by Gasteiger charge is -2.28. The Balaban J connectivity index is 2.08. The second-order valence-corrected chi connectivity index (χ2v) is 6.99. The molecule has 0 atom stereocenters. The van der Waals surface area contributed by atoms with E-state index in [1.165, 1.54) is 5.69 Å². The highest BCUT2D eigenvalue weighted by molar-refractivity contribution is 5.64. The highest BCUT2D eigenvalue weighted by Crippen LogP contribution is 2.23. The molecule has 2 aromatic rings. The van der Waals surface area contributed by atoms with Crippen LogP contribution in [-0.2, 0) is 0 Å². The van der Waals surface area contributed by atoms with Gasteiger partial charge in [0.25, 0.3) is 0 Å². The van der Waals surface area contributed by atoms with Gasteiger partial charge in [-0.3, -0.25) is 0 Å². The minimum Gasteiger partial charge on any atom is -0.399 e. The van der Waals surface area contributed by atoms with Crippen molar-refractivity contribution in [3.63, 3.8) is 0 Å². The van der Waals surface area contributed by atoms with Crippen LogP contribution in [0.15, 0.2) is 48.5 Å². The van der Waals surface area contributed by atoms with Gasteiger partial charge in [0, 0.05) is 35.8 Å². The summed E-state index contributed by atoms with van der Waals surface area (Å²) in [6, 6.07) is 16.5. The second kappa shape index (κ2) is 7.91. The number of nitrogen functional groups attached to an aromatic ring is 1. The van der Waals surface area contributed by atoms with Crippen LogP contribution in [0.3, 0.4) is 0 Å². The number of nitrogens with two attached hydrogens (primary N) is 1. The van der Waals surface area contributed by atoms with Crippen molar-refractivity contribution in [1.82, 2.24) is 0 Å². The Hall–Kier alpha value is -2.16. The van der Waals surface area contributed by atoms with Crippen molar-refractivity contribution in [1.29, 1.82) is 0 Å². The van der Waals surface area contributed by atoms with E-state index < -0.39 is 0 Å². The molecule has 0 aliphatic rings. The summed E-state index contributed by atoms with van der Waals surface area (Å²) < 4.78 is 0. The van der Waals surface area contributed by atoms with Gasteiger partial charge in [0.2, 0.25) is 0 Å². The number of nitrogens with zero attached hydrogens (tertiary/aromatic N) is 1. The average Bonchev–Trinajstić information content (AvgIpc) is 2.49. The lowest BCUT2D eigenvalue weighted by Crippen LogP contribution is -2.31. The highest BCUT2D eigenvalue weighted by atomic mass is 15.1. The normalized spacial score (nSPS) is 11.0. The van der Waals surface area contributed by atoms with E-state index in [1.807, 2.05) is 24.3 Å². The molecule has 0 bridgehead atoms. The van der Waals surface area contributed by atoms with Gasteiger partial charge in [-0.15, -0.1) is 0 Å². The fraction of sp³-hybridized carbons (Fsp3) is 0.400. The molecule has 2 rings (SSSR count). The molecule has 0 fully saturated rings. The van der Waals surface area contributed by atoms with Crippen LogP contribution in [-0.4, -0.2) is 13.1 Å². The van der Waals surface area contributed by atoms with Crippen LogP contribution < -0.4 is 16.0 Å². The van der Waals surface area contributed by atoms with Crippen molar-refractivity contribution in [3.05, 3.63) is 48.5 Å². The van der Waals surface area contributed by atoms with E-state index in [-0.39, 0.29) is 0 Å². The Labute approximate surface area is 140 Å². The van der Waals surface area contributed by atoms with Gasteiger partial charge in [0.05, 0.1) is 0 Å². The quantitative estimate of drug-likeness (QED) is 0.696. The molecule has 0 amide bonds. The molecular formula is C20H29N3. The second-order valence-electron chi connectivity index (χ2n) is 6.99. The fourth-order valence-corrected chi connectivity index (χ4v) is 2.66. The molecule has 3 N–H and O–H groups in total. The molecule has 0 aliphatic heterocycles. The van der Waals surface area contributed by atoms with Gasteiger partial charge in [-0.25, -0.2) is 0 Å². The summed E-state index contributed by atoms with van der Waals surface area (Å²) in [5, 5.41) is 3.40. The van der Waals surface area contributed by atoms with Gasteiger partial charge in [-0.2, -0.15) is 0 Å². The highest BCUT2D eigenvalue weighted by Gasteiger charge is 2.10. The van der Waals surface area contributed by atoms with Crippen LogP contribution in [0, 0.1) is 11.8 Å². The van der Waals surface area contributed by atoms with Crippen molar-refractivity contribution < 1.29 is 0 Å². The van der Waals surface area contributed by atoms with E-state index >= 15 is 0 Å². The first-order chi connectivity index (χ1) is 10.9. The van der Waals surface area contributed by atoms with Gasteiger partial charge in [-0.05, 0) is 60.4 Å². The van der Waals surface area contributed by atoms with E-state index in [1.54, 1.807) is 0 Å². The maximum atomic E-state index is 5.72. The molecule has 0 spiro atoms. The Morgan fingerprint density at radius 1 is 0.783 bits per heavy atom. The molecule has 0 radical (unpaired) electrons. The monoisotopic (exact) mass is 311 g/mol. The zero-order valence-electron chi connectivity index (χ0n) is 14.7. The van der Waals surface area contributed by atoms with Crippen molar-refractivity contribution in [2.45, 2.75) is 27.7 Å². The van der Waals surface area contributed by atoms with E-state index in [2.05, 4.69) is 62.2 Å². The Morgan fingerprint density at radius 3 is 1.65 bits per heavy atom. The first-order valence-electron chi connectivity index (χ1n) is 8.41. The molecule has 0 saturated heterocycles. The summed E-state index contributed by atoms with van der Waals surface area (Å²) in [5.41, 5.74) is 9.93. The zero-order valence-corrected chi connectivity index (χ0v) is 14.7. The van der Waals surface area contributed by atoms with Crippen molar-refractivity contribution in [2.24, 2.45) is 11.8 Å². The summed E-state index contributed by atoms with van der Waals surface area (Å²) in [6.07, 6.45) is 0. The third kappa shape index (κ3) is 5.51. The zero-order chi connectivity index (χ0) is 16.8. The molecule has 0 aliphatic carbocycles. The van der Waals surface area contributed by atoms with E-state index in [9.17, 15) is 0 Å². The molecule has 2 aromatic carbocycles. The van der Waals surface area contributed by atoms with Gasteiger partial charge < -0.3 is 16.0 Å². The maximum Gasteiger partial charge on any atom is 0.0385 e. The molecule has 3 heteroatoms. The number of benzene rings is 2. The Bertz CT molecular complexity index is 575. The molecule has 3 nitrogen and oxygen atoms in total. The van der Waals surface area contributed by atoms with Crippen LogP contribution in [0.4, 0.5) is 22.7 Å². The van der Waals surface area contributed by atoms with Crippen molar-refractivity contribution in [2.75, 3.05) is 29.0 Å². The van der Waals surface area contributed by atoms with Crippen LogP contribution in [0.1, 0.15) is 27.7 Å². The van der Waals surface area contributed by atoms with Crippen LogP contribution in [0.2, 0.25) is 0 Å². The summed E-state index contributed by atoms with van der Waals surface area (Å²) in [7, 11) is 0. The number of hydrogen-bond donors (Lipinski definition) is 2. The molecule has 23 heavy (non-hydrogen) atoms. The molecule has 0 saturated carbocycles. The predicted octanol–water partition coefficient (Wildman–Crippen LogP) is 5.13. The van der Waals surface area contributed by atoms with Crippen molar-refractivity contribution >= 4 is 22.7 Å². The van der Waals surface area contributed by atoms with Crippen LogP contribution in [0.5, 0.6) is 0 Å². The van der Waals surface area contributed by atoms with Gasteiger partial charge in [-0.1, -0.05) is 27.7 Å². The van der Waals surface area contributed by atoms with E-state index in [0.29, 0.717) is 11.8 Å². The third-order valence-electron chi connectivity index (χ3n) is 3.60. The first-order valence-corrected chi connectivity index (χ1v) is 8.41. The first kappa shape index (κ1) is 17.2. The summed E-state index contributed by atoms with van der Waals surface area (Å²) >= 11 is 0. The molecule has 0 unspecified atom stereocenters. The Morgan fingerprint density at radius 2 is 1.22 bits per heavy atom. The number of hydrogen-bond acceptors (Lipinski definition) is 3. The Kier molecular flexibility index (Phi) is 5.91. The SMILES string of the molecule is CC(C)CN(CC(C)C)c1ccc(Nc2ccc(N)cc2)cc1. The number of nitrogens with one attached hydrogen (secondary N) is 1. The van der Waals surface area contributed by atoms with Gasteiger partial charge in [0.15, 0.2) is 0 Å². The topological polar surface area (TPSA) is 41.3 Å². The van der Waals surface area contributed by atoms with Crippen LogP contribution >= 0.6 is 0 Å². The van der Waals surface area contributed by atoms with E-state index in [0.717, 1.165) is 30.2 Å². The van der Waals surface area contributed by atoms with Gasteiger partial charge >= 0.3 is 0 Å². The molecule has 124 valence electrons. The average molecular weight is 311 g/mol. The fourth-order valence-electron chi connectivity index (χ4n) is 2.66. The molecular weight excluding hydrogens is 282 g/mol. The summed E-state index contributed by atoms with van der Waals surface area (Å²) in [5.74, 6) is 1.31. The minimum absolute atomic E-state index is 0.654. The lowest BCUT2D eigenvalue weighted by atomic mass is 10.1. The standard InChI is InChI=1S/C20H29N3/c1-15(2)13-23(14-16(3)4)20-11-9-19(10-12-20)22-18-7-5-17(21)6-8-18/h5-12,15-16,22H,13-14,21H2,1-4H3. The van der Waals surface area contributed by atoms with Crippen LogP contribution in [0.25, 0.3) is 0 Å². The summed E-state index contributed by atoms with van der Waals surface area (Å²) in [4.78, 5) is 2.47. The van der Waals surface area contributed by atoms with Crippen molar-refractivity contribution in [3.8, 4) is 0 Å². The smallest absolute Gasteiger partial charge is 0.0385 e. The molecule has 0 aromatic heterocycles. The lowest BCUT2D eigenvalue weighted by molar-refractivity contribution is 0.553. The third-order valence-corrected chi connectivity index (χ3v) is 3.60. The summed E-state index contributed by atoms with van der Waals surface area (Å²) in [6.45, 7) is 11.2. The van der Waals surface area contributed by atoms with Gasteiger partial charge in [0.1, 0.15) is 0 Å². The predicted molar refractivity (Wildman–Crippen MR) is 102 cm³/mol. The van der Waals surface area contributed by atoms with E-state index in [4.69, 9.17) is 5.73 Å². The molecule has 0 heterocycles. The largest absolute Gasteiger partial charge is 0.399 e. The number of rotatable bonds is 7. The maximum absolute atomic E-state index is 5.72. The number of anilines is 4.